The Kier molecular flexibility index (Phi) is 4.14. The Morgan fingerprint density at radius 1 is 1.00 bits per heavy atom. The number of carboxylic acids is 1. The maximum Gasteiger partial charge on any atom is 0.331 e. The number of aliphatic carboxylic acids is 1. The number of hydrogen-bond acceptors (Lipinski definition) is 1. The van der Waals surface area contributed by atoms with Crippen LogP contribution in [-0.4, -0.2) is 11.1 Å². The second-order valence-corrected chi connectivity index (χ2v) is 4.54. The number of rotatable bonds is 4. The average Bonchev–Trinajstić information content (AvgIpc) is 2.42. The monoisotopic (exact) mass is 252 g/mol. The van der Waals surface area contributed by atoms with E-state index in [-0.39, 0.29) is 0 Å². The van der Waals surface area contributed by atoms with Crippen molar-refractivity contribution >= 4 is 12.0 Å². The van der Waals surface area contributed by atoms with Crippen LogP contribution in [-0.2, 0) is 11.2 Å². The van der Waals surface area contributed by atoms with Gasteiger partial charge in [0.25, 0.3) is 0 Å². The van der Waals surface area contributed by atoms with E-state index in [1.165, 1.54) is 11.1 Å². The van der Waals surface area contributed by atoms with Gasteiger partial charge in [0.05, 0.1) is 0 Å². The van der Waals surface area contributed by atoms with Crippen molar-refractivity contribution in [3.05, 3.63) is 76.9 Å². The standard InChI is InChI=1S/C17H16O2/c1-13(17(18)19)11-15-7-9-16(10-8-15)12-14-5-3-2-4-6-14/h2-11H,12H2,1H3,(H,18,19)/b13-11+. The third-order valence-corrected chi connectivity index (χ3v) is 2.95. The van der Waals surface area contributed by atoms with Gasteiger partial charge < -0.3 is 5.11 Å². The van der Waals surface area contributed by atoms with Gasteiger partial charge in [-0.2, -0.15) is 0 Å². The van der Waals surface area contributed by atoms with Gasteiger partial charge in [0.2, 0.25) is 0 Å². The molecule has 0 aliphatic rings. The Hall–Kier alpha value is -2.35. The van der Waals surface area contributed by atoms with E-state index in [9.17, 15) is 4.79 Å². The molecule has 0 saturated carbocycles. The predicted octanol–water partition coefficient (Wildman–Crippen LogP) is 3.77. The molecule has 0 spiro atoms. The summed E-state index contributed by atoms with van der Waals surface area (Å²) in [7, 11) is 0. The van der Waals surface area contributed by atoms with Crippen LogP contribution < -0.4 is 0 Å². The summed E-state index contributed by atoms with van der Waals surface area (Å²) in [6, 6.07) is 18.2. The molecule has 2 aromatic carbocycles. The molecular weight excluding hydrogens is 236 g/mol. The van der Waals surface area contributed by atoms with Crippen LogP contribution in [0.1, 0.15) is 23.6 Å². The summed E-state index contributed by atoms with van der Waals surface area (Å²) in [5.41, 5.74) is 3.75. The lowest BCUT2D eigenvalue weighted by Gasteiger charge is -2.03. The van der Waals surface area contributed by atoms with E-state index < -0.39 is 5.97 Å². The summed E-state index contributed by atoms with van der Waals surface area (Å²) in [6.45, 7) is 1.60. The van der Waals surface area contributed by atoms with Crippen molar-refractivity contribution in [3.63, 3.8) is 0 Å². The molecule has 2 heteroatoms. The smallest absolute Gasteiger partial charge is 0.331 e. The molecule has 1 N–H and O–H groups in total. The summed E-state index contributed by atoms with van der Waals surface area (Å²) < 4.78 is 0. The molecule has 0 bridgehead atoms. The minimum Gasteiger partial charge on any atom is -0.478 e. The van der Waals surface area contributed by atoms with Crippen LogP contribution in [0, 0.1) is 0 Å². The summed E-state index contributed by atoms with van der Waals surface area (Å²) in [6.07, 6.45) is 2.57. The van der Waals surface area contributed by atoms with Crippen molar-refractivity contribution in [1.29, 1.82) is 0 Å². The number of carboxylic acid groups (broad SMARTS) is 1. The van der Waals surface area contributed by atoms with Crippen LogP contribution in [0.4, 0.5) is 0 Å². The maximum absolute atomic E-state index is 10.7. The third kappa shape index (κ3) is 3.81. The van der Waals surface area contributed by atoms with Crippen molar-refractivity contribution in [2.24, 2.45) is 0 Å². The first kappa shape index (κ1) is 13.1. The zero-order valence-corrected chi connectivity index (χ0v) is 10.8. The molecule has 2 aromatic rings. The van der Waals surface area contributed by atoms with Gasteiger partial charge in [-0.25, -0.2) is 4.79 Å². The fraction of sp³-hybridized carbons (Fsp3) is 0.118. The summed E-state index contributed by atoms with van der Waals surface area (Å²) in [5.74, 6) is -0.881. The molecule has 2 rings (SSSR count). The highest BCUT2D eigenvalue weighted by Crippen LogP contribution is 2.12. The lowest BCUT2D eigenvalue weighted by molar-refractivity contribution is -0.132. The van der Waals surface area contributed by atoms with Gasteiger partial charge in [0, 0.05) is 5.57 Å². The third-order valence-electron chi connectivity index (χ3n) is 2.95. The van der Waals surface area contributed by atoms with E-state index in [0.29, 0.717) is 5.57 Å². The Labute approximate surface area is 113 Å². The second-order valence-electron chi connectivity index (χ2n) is 4.54. The van der Waals surface area contributed by atoms with Crippen LogP contribution >= 0.6 is 0 Å². The zero-order valence-electron chi connectivity index (χ0n) is 10.8. The van der Waals surface area contributed by atoms with Gasteiger partial charge in [0.15, 0.2) is 0 Å². The first-order valence-corrected chi connectivity index (χ1v) is 6.19. The van der Waals surface area contributed by atoms with Gasteiger partial charge in [-0.3, -0.25) is 0 Å². The minimum atomic E-state index is -0.881. The first-order chi connectivity index (χ1) is 9.15. The lowest BCUT2D eigenvalue weighted by Crippen LogP contribution is -1.95. The Morgan fingerprint density at radius 3 is 2.16 bits per heavy atom. The van der Waals surface area contributed by atoms with Crippen molar-refractivity contribution < 1.29 is 9.90 Å². The fourth-order valence-electron chi connectivity index (χ4n) is 1.88. The molecule has 19 heavy (non-hydrogen) atoms. The van der Waals surface area contributed by atoms with Crippen LogP contribution in [0.5, 0.6) is 0 Å². The highest BCUT2D eigenvalue weighted by molar-refractivity contribution is 5.91. The Balaban J connectivity index is 2.11. The van der Waals surface area contributed by atoms with Crippen molar-refractivity contribution in [2.75, 3.05) is 0 Å². The normalized spacial score (nSPS) is 11.3. The van der Waals surface area contributed by atoms with Crippen LogP contribution in [0.25, 0.3) is 6.08 Å². The van der Waals surface area contributed by atoms with E-state index in [1.54, 1.807) is 13.0 Å². The Bertz CT molecular complexity index is 580. The number of benzene rings is 2. The molecule has 0 unspecified atom stereocenters. The number of carbonyl (C=O) groups is 1. The van der Waals surface area contributed by atoms with Crippen molar-refractivity contribution in [3.8, 4) is 0 Å². The van der Waals surface area contributed by atoms with Gasteiger partial charge in [-0.1, -0.05) is 54.6 Å². The van der Waals surface area contributed by atoms with Gasteiger partial charge in [-0.15, -0.1) is 0 Å². The highest BCUT2D eigenvalue weighted by atomic mass is 16.4. The maximum atomic E-state index is 10.7. The van der Waals surface area contributed by atoms with Gasteiger partial charge >= 0.3 is 5.97 Å². The molecule has 0 saturated heterocycles. The Morgan fingerprint density at radius 2 is 1.58 bits per heavy atom. The minimum absolute atomic E-state index is 0.343. The van der Waals surface area contributed by atoms with E-state index in [1.807, 2.05) is 42.5 Å². The first-order valence-electron chi connectivity index (χ1n) is 6.19. The lowest BCUT2D eigenvalue weighted by atomic mass is 10.0. The van der Waals surface area contributed by atoms with Crippen molar-refractivity contribution in [2.45, 2.75) is 13.3 Å². The van der Waals surface area contributed by atoms with Crippen LogP contribution in [0.15, 0.2) is 60.2 Å². The average molecular weight is 252 g/mol. The number of hydrogen-bond donors (Lipinski definition) is 1. The van der Waals surface area contributed by atoms with E-state index in [4.69, 9.17) is 5.11 Å². The van der Waals surface area contributed by atoms with Crippen molar-refractivity contribution in [1.82, 2.24) is 0 Å². The largest absolute Gasteiger partial charge is 0.478 e. The van der Waals surface area contributed by atoms with Gasteiger partial charge in [-0.05, 0) is 36.1 Å². The summed E-state index contributed by atoms with van der Waals surface area (Å²) >= 11 is 0. The molecule has 0 amide bonds. The SMILES string of the molecule is C/C(=C\c1ccc(Cc2ccccc2)cc1)C(=O)O. The van der Waals surface area contributed by atoms with E-state index in [2.05, 4.69) is 12.1 Å². The quantitative estimate of drug-likeness (QED) is 0.841. The summed E-state index contributed by atoms with van der Waals surface area (Å²) in [4.78, 5) is 10.7. The molecule has 0 radical (unpaired) electrons. The molecule has 0 aromatic heterocycles. The molecule has 0 atom stereocenters. The van der Waals surface area contributed by atoms with Crippen LogP contribution in [0.3, 0.4) is 0 Å². The highest BCUT2D eigenvalue weighted by Gasteiger charge is 2.00. The van der Waals surface area contributed by atoms with Crippen LogP contribution in [0.2, 0.25) is 0 Å². The molecular formula is C17H16O2. The molecule has 0 aliphatic carbocycles. The fourth-order valence-corrected chi connectivity index (χ4v) is 1.88. The van der Waals surface area contributed by atoms with Gasteiger partial charge in [0.1, 0.15) is 0 Å². The molecule has 0 aliphatic heterocycles. The zero-order chi connectivity index (χ0) is 13.7. The topological polar surface area (TPSA) is 37.3 Å². The molecule has 0 fully saturated rings. The van der Waals surface area contributed by atoms with E-state index in [0.717, 1.165) is 12.0 Å². The second kappa shape index (κ2) is 6.01. The molecule has 2 nitrogen and oxygen atoms in total. The predicted molar refractivity (Wildman–Crippen MR) is 77.0 cm³/mol. The molecule has 96 valence electrons. The summed E-state index contributed by atoms with van der Waals surface area (Å²) in [5, 5.41) is 8.82. The molecule has 0 heterocycles. The van der Waals surface area contributed by atoms with E-state index >= 15 is 0 Å².